The van der Waals surface area contributed by atoms with Gasteiger partial charge < -0.3 is 9.88 Å². The number of nitrogens with zero attached hydrogens (tertiary/aromatic N) is 1. The Morgan fingerprint density at radius 2 is 1.85 bits per heavy atom. The normalized spacial score (nSPS) is 26.4. The van der Waals surface area contributed by atoms with E-state index in [-0.39, 0.29) is 0 Å². The van der Waals surface area contributed by atoms with E-state index in [0.29, 0.717) is 6.04 Å². The molecule has 2 nitrogen and oxygen atoms in total. The van der Waals surface area contributed by atoms with Crippen molar-refractivity contribution in [3.8, 4) is 5.69 Å². The van der Waals surface area contributed by atoms with Crippen LogP contribution in [-0.2, 0) is 0 Å². The Morgan fingerprint density at radius 1 is 1.05 bits per heavy atom. The third kappa shape index (κ3) is 2.74. The highest BCUT2D eigenvalue weighted by Crippen LogP contribution is 2.31. The lowest BCUT2D eigenvalue weighted by Crippen LogP contribution is -2.34. The number of benzene rings is 1. The van der Waals surface area contributed by atoms with Gasteiger partial charge in [0.05, 0.1) is 0 Å². The van der Waals surface area contributed by atoms with E-state index in [0.717, 1.165) is 11.8 Å². The summed E-state index contributed by atoms with van der Waals surface area (Å²) in [7, 11) is 0. The summed E-state index contributed by atoms with van der Waals surface area (Å²) in [6.07, 6.45) is 8.19. The quantitative estimate of drug-likeness (QED) is 0.852. The lowest BCUT2D eigenvalue weighted by molar-refractivity contribution is 0.253. The van der Waals surface area contributed by atoms with Crippen LogP contribution in [0, 0.1) is 11.8 Å². The second-order valence-corrected chi connectivity index (χ2v) is 6.16. The van der Waals surface area contributed by atoms with E-state index in [1.54, 1.807) is 0 Å². The highest BCUT2D eigenvalue weighted by atomic mass is 15.0. The van der Waals surface area contributed by atoms with Gasteiger partial charge in [-0.3, -0.25) is 0 Å². The molecule has 1 saturated carbocycles. The van der Waals surface area contributed by atoms with Crippen molar-refractivity contribution in [3.63, 3.8) is 0 Å². The fourth-order valence-electron chi connectivity index (χ4n) is 3.26. The first-order valence-electron chi connectivity index (χ1n) is 7.74. The first kappa shape index (κ1) is 13.3. The van der Waals surface area contributed by atoms with Crippen molar-refractivity contribution >= 4 is 5.69 Å². The standard InChI is InChI=1S/C18H24N2/c1-14-7-5-10-18(15(14)2)19-16-8-6-9-17(13-16)20-11-3-4-12-20/h3-4,6,8-9,11-15,18-19H,5,7,10H2,1-2H3. The van der Waals surface area contributed by atoms with Crippen molar-refractivity contribution in [2.75, 3.05) is 5.32 Å². The number of nitrogens with one attached hydrogen (secondary N) is 1. The van der Waals surface area contributed by atoms with Crippen molar-refractivity contribution < 1.29 is 0 Å². The highest BCUT2D eigenvalue weighted by molar-refractivity contribution is 5.52. The molecule has 2 heteroatoms. The Bertz CT molecular complexity index is 544. The predicted molar refractivity (Wildman–Crippen MR) is 85.4 cm³/mol. The van der Waals surface area contributed by atoms with E-state index in [1.165, 1.54) is 30.6 Å². The SMILES string of the molecule is CC1CCCC(Nc2cccc(-n3cccc3)c2)C1C. The minimum Gasteiger partial charge on any atom is -0.382 e. The zero-order valence-corrected chi connectivity index (χ0v) is 12.4. The molecule has 0 saturated heterocycles. The van der Waals surface area contributed by atoms with E-state index < -0.39 is 0 Å². The second-order valence-electron chi connectivity index (χ2n) is 6.16. The highest BCUT2D eigenvalue weighted by Gasteiger charge is 2.26. The fourth-order valence-corrected chi connectivity index (χ4v) is 3.26. The summed E-state index contributed by atoms with van der Waals surface area (Å²) in [5.41, 5.74) is 2.46. The van der Waals surface area contributed by atoms with Crippen LogP contribution in [0.2, 0.25) is 0 Å². The second kappa shape index (κ2) is 5.74. The maximum Gasteiger partial charge on any atom is 0.0469 e. The zero-order chi connectivity index (χ0) is 13.9. The minimum absolute atomic E-state index is 0.610. The molecule has 1 aliphatic rings. The Hall–Kier alpha value is -1.70. The van der Waals surface area contributed by atoms with Crippen molar-refractivity contribution in [1.82, 2.24) is 4.57 Å². The van der Waals surface area contributed by atoms with Gasteiger partial charge in [-0.1, -0.05) is 32.8 Å². The van der Waals surface area contributed by atoms with Crippen LogP contribution < -0.4 is 5.32 Å². The molecule has 2 aromatic rings. The maximum atomic E-state index is 3.75. The number of rotatable bonds is 3. The number of anilines is 1. The molecular formula is C18H24N2. The third-order valence-electron chi connectivity index (χ3n) is 4.81. The van der Waals surface area contributed by atoms with Crippen LogP contribution in [0.1, 0.15) is 33.1 Å². The van der Waals surface area contributed by atoms with Crippen LogP contribution >= 0.6 is 0 Å². The average molecular weight is 268 g/mol. The van der Waals surface area contributed by atoms with E-state index in [2.05, 4.69) is 72.5 Å². The molecule has 3 rings (SSSR count). The maximum absolute atomic E-state index is 3.75. The monoisotopic (exact) mass is 268 g/mol. The van der Waals surface area contributed by atoms with Crippen LogP contribution in [-0.4, -0.2) is 10.6 Å². The van der Waals surface area contributed by atoms with Crippen LogP contribution in [0.5, 0.6) is 0 Å². The van der Waals surface area contributed by atoms with Gasteiger partial charge in [0.25, 0.3) is 0 Å². The minimum atomic E-state index is 0.610. The summed E-state index contributed by atoms with van der Waals surface area (Å²) in [6, 6.07) is 13.4. The van der Waals surface area contributed by atoms with Gasteiger partial charge in [-0.15, -0.1) is 0 Å². The fraction of sp³-hybridized carbons (Fsp3) is 0.444. The van der Waals surface area contributed by atoms with Gasteiger partial charge in [-0.05, 0) is 48.6 Å². The van der Waals surface area contributed by atoms with Gasteiger partial charge in [0.1, 0.15) is 0 Å². The smallest absolute Gasteiger partial charge is 0.0469 e. The van der Waals surface area contributed by atoms with Gasteiger partial charge in [0.2, 0.25) is 0 Å². The molecule has 0 amide bonds. The topological polar surface area (TPSA) is 17.0 Å². The summed E-state index contributed by atoms with van der Waals surface area (Å²) >= 11 is 0. The molecule has 20 heavy (non-hydrogen) atoms. The average Bonchev–Trinajstić information content (AvgIpc) is 2.98. The molecule has 106 valence electrons. The molecule has 1 fully saturated rings. The van der Waals surface area contributed by atoms with Gasteiger partial charge >= 0.3 is 0 Å². The van der Waals surface area contributed by atoms with Gasteiger partial charge in [0, 0.05) is 29.8 Å². The van der Waals surface area contributed by atoms with Gasteiger partial charge in [0.15, 0.2) is 0 Å². The molecule has 1 aliphatic carbocycles. The molecule has 1 N–H and O–H groups in total. The Labute approximate surface area is 121 Å². The lowest BCUT2D eigenvalue weighted by Gasteiger charge is -2.35. The molecule has 0 radical (unpaired) electrons. The third-order valence-corrected chi connectivity index (χ3v) is 4.81. The molecule has 0 aliphatic heterocycles. The summed E-state index contributed by atoms with van der Waals surface area (Å²) in [5.74, 6) is 1.58. The van der Waals surface area contributed by atoms with Crippen molar-refractivity contribution in [1.29, 1.82) is 0 Å². The van der Waals surface area contributed by atoms with Gasteiger partial charge in [-0.2, -0.15) is 0 Å². The van der Waals surface area contributed by atoms with E-state index in [4.69, 9.17) is 0 Å². The lowest BCUT2D eigenvalue weighted by atomic mass is 9.78. The Morgan fingerprint density at radius 3 is 2.65 bits per heavy atom. The molecule has 1 aromatic heterocycles. The Kier molecular flexibility index (Phi) is 3.81. The summed E-state index contributed by atoms with van der Waals surface area (Å²) < 4.78 is 2.15. The predicted octanol–water partition coefficient (Wildman–Crippen LogP) is 4.71. The van der Waals surface area contributed by atoms with Crippen LogP contribution in [0.4, 0.5) is 5.69 Å². The molecule has 1 heterocycles. The first-order valence-corrected chi connectivity index (χ1v) is 7.74. The van der Waals surface area contributed by atoms with E-state index in [1.807, 2.05) is 0 Å². The van der Waals surface area contributed by atoms with Crippen LogP contribution in [0.25, 0.3) is 5.69 Å². The van der Waals surface area contributed by atoms with Crippen molar-refractivity contribution in [2.24, 2.45) is 11.8 Å². The Balaban J connectivity index is 1.76. The first-order chi connectivity index (χ1) is 9.74. The summed E-state index contributed by atoms with van der Waals surface area (Å²) in [6.45, 7) is 4.77. The van der Waals surface area contributed by atoms with Gasteiger partial charge in [-0.25, -0.2) is 0 Å². The number of hydrogen-bond donors (Lipinski definition) is 1. The largest absolute Gasteiger partial charge is 0.382 e. The zero-order valence-electron chi connectivity index (χ0n) is 12.4. The number of aromatic nitrogens is 1. The summed E-state index contributed by atoms with van der Waals surface area (Å²) in [4.78, 5) is 0. The molecule has 0 spiro atoms. The molecule has 0 bridgehead atoms. The van der Waals surface area contributed by atoms with E-state index >= 15 is 0 Å². The summed E-state index contributed by atoms with van der Waals surface area (Å²) in [5, 5.41) is 3.75. The van der Waals surface area contributed by atoms with Crippen molar-refractivity contribution in [2.45, 2.75) is 39.2 Å². The van der Waals surface area contributed by atoms with Crippen molar-refractivity contribution in [3.05, 3.63) is 48.8 Å². The van der Waals surface area contributed by atoms with Crippen LogP contribution in [0.3, 0.4) is 0 Å². The molecule has 1 aromatic carbocycles. The molecular weight excluding hydrogens is 244 g/mol. The number of hydrogen-bond acceptors (Lipinski definition) is 1. The van der Waals surface area contributed by atoms with E-state index in [9.17, 15) is 0 Å². The molecule has 3 unspecified atom stereocenters. The van der Waals surface area contributed by atoms with Crippen LogP contribution in [0.15, 0.2) is 48.8 Å². The molecule has 3 atom stereocenters.